The Morgan fingerprint density at radius 1 is 1.21 bits per heavy atom. The van der Waals surface area contributed by atoms with Crippen LogP contribution in [0.1, 0.15) is 5.56 Å². The minimum absolute atomic E-state index is 0.491. The van der Waals surface area contributed by atoms with Crippen molar-refractivity contribution in [1.82, 2.24) is 9.97 Å². The summed E-state index contributed by atoms with van der Waals surface area (Å²) < 4.78 is 13.1. The molecule has 0 aliphatic heterocycles. The van der Waals surface area contributed by atoms with Gasteiger partial charge in [-0.05, 0) is 30.7 Å². The third-order valence-electron chi connectivity index (χ3n) is 2.81. The molecule has 0 saturated heterocycles. The summed E-state index contributed by atoms with van der Waals surface area (Å²) in [5, 5.41) is 0.793. The number of pyridine rings is 1. The van der Waals surface area contributed by atoms with Gasteiger partial charge in [0.1, 0.15) is 15.4 Å². The number of hydrogen-bond acceptors (Lipinski definition) is 4. The largest absolute Gasteiger partial charge is 0.298 e. The minimum Gasteiger partial charge on any atom is -0.298 e. The lowest BCUT2D eigenvalue weighted by Crippen LogP contribution is -1.86. The molecule has 0 spiro atoms. The van der Waals surface area contributed by atoms with Gasteiger partial charge in [-0.3, -0.25) is 4.84 Å². The quantitative estimate of drug-likeness (QED) is 0.563. The normalized spacial score (nSPS) is 10.9. The van der Waals surface area contributed by atoms with Gasteiger partial charge in [0.25, 0.3) is 0 Å². The number of anilines is 1. The molecule has 19 heavy (non-hydrogen) atoms. The molecule has 0 unspecified atom stereocenters. The molecule has 0 fully saturated rings. The van der Waals surface area contributed by atoms with Crippen LogP contribution < -0.4 is 4.84 Å². The van der Waals surface area contributed by atoms with Crippen molar-refractivity contribution < 1.29 is 4.39 Å². The van der Waals surface area contributed by atoms with Crippen LogP contribution in [0, 0.1) is 12.9 Å². The fraction of sp³-hybridized carbons (Fsp3) is 0.0769. The Morgan fingerprint density at radius 3 is 2.84 bits per heavy atom. The van der Waals surface area contributed by atoms with Gasteiger partial charge in [0, 0.05) is 17.3 Å². The fourth-order valence-corrected chi connectivity index (χ4v) is 2.90. The highest BCUT2D eigenvalue weighted by atomic mass is 35.5. The number of fused-ring (bicyclic) bond motifs is 1. The van der Waals surface area contributed by atoms with E-state index in [0.29, 0.717) is 10.3 Å². The van der Waals surface area contributed by atoms with Gasteiger partial charge in [-0.2, -0.15) is 4.39 Å². The van der Waals surface area contributed by atoms with E-state index in [9.17, 15) is 4.39 Å². The number of rotatable bonds is 2. The van der Waals surface area contributed by atoms with E-state index in [1.54, 1.807) is 6.07 Å². The van der Waals surface area contributed by atoms with Gasteiger partial charge in [0.05, 0.1) is 5.69 Å². The van der Waals surface area contributed by atoms with Crippen LogP contribution in [0.3, 0.4) is 0 Å². The summed E-state index contributed by atoms with van der Waals surface area (Å²) in [5.41, 5.74) is 3.50. The Hall–Kier alpha value is -1.72. The third-order valence-corrected chi connectivity index (χ3v) is 4.03. The number of aromatic nitrogens is 2. The molecular weight excluding hydrogens is 285 g/mol. The van der Waals surface area contributed by atoms with Crippen molar-refractivity contribution in [3.05, 3.63) is 41.8 Å². The molecule has 2 aromatic heterocycles. The summed E-state index contributed by atoms with van der Waals surface area (Å²) in [4.78, 5) is 11.5. The lowest BCUT2D eigenvalue weighted by Gasteiger charge is -2.04. The van der Waals surface area contributed by atoms with Crippen LogP contribution in [-0.4, -0.2) is 9.97 Å². The Balaban J connectivity index is 2.13. The molecule has 96 valence electrons. The van der Waals surface area contributed by atoms with Crippen LogP contribution in [0.5, 0.6) is 0 Å². The average molecular weight is 294 g/mol. The lowest BCUT2D eigenvalue weighted by atomic mass is 10.1. The SMILES string of the molecule is Cc1ccc(-c2nc3ccc(F)nc3s2)cc1NCl. The second kappa shape index (κ2) is 4.75. The van der Waals surface area contributed by atoms with Gasteiger partial charge in [0.2, 0.25) is 5.95 Å². The molecule has 3 nitrogen and oxygen atoms in total. The molecule has 1 N–H and O–H groups in total. The van der Waals surface area contributed by atoms with Crippen LogP contribution in [-0.2, 0) is 0 Å². The predicted octanol–water partition coefficient (Wildman–Crippen LogP) is 4.37. The monoisotopic (exact) mass is 293 g/mol. The predicted molar refractivity (Wildman–Crippen MR) is 77.0 cm³/mol. The maximum atomic E-state index is 13.1. The molecule has 0 aliphatic rings. The average Bonchev–Trinajstić information content (AvgIpc) is 2.82. The van der Waals surface area contributed by atoms with Crippen molar-refractivity contribution in [2.24, 2.45) is 0 Å². The van der Waals surface area contributed by atoms with Gasteiger partial charge in [0.15, 0.2) is 0 Å². The molecule has 1 aromatic carbocycles. The number of nitrogens with zero attached hydrogens (tertiary/aromatic N) is 2. The summed E-state index contributed by atoms with van der Waals surface area (Å²) in [6.07, 6.45) is 0. The number of hydrogen-bond donors (Lipinski definition) is 1. The molecule has 0 atom stereocenters. The van der Waals surface area contributed by atoms with E-state index in [1.165, 1.54) is 17.4 Å². The zero-order valence-electron chi connectivity index (χ0n) is 9.95. The van der Waals surface area contributed by atoms with E-state index >= 15 is 0 Å². The summed E-state index contributed by atoms with van der Waals surface area (Å²) in [5.74, 6) is -0.491. The highest BCUT2D eigenvalue weighted by Gasteiger charge is 2.09. The van der Waals surface area contributed by atoms with E-state index < -0.39 is 5.95 Å². The Kier molecular flexibility index (Phi) is 3.08. The first kappa shape index (κ1) is 12.3. The maximum absolute atomic E-state index is 13.1. The van der Waals surface area contributed by atoms with E-state index in [0.717, 1.165) is 21.8 Å². The van der Waals surface area contributed by atoms with E-state index in [1.807, 2.05) is 25.1 Å². The highest BCUT2D eigenvalue weighted by molar-refractivity contribution is 7.21. The van der Waals surface area contributed by atoms with Gasteiger partial charge < -0.3 is 0 Å². The first-order valence-electron chi connectivity index (χ1n) is 5.58. The van der Waals surface area contributed by atoms with Crippen molar-refractivity contribution in [3.63, 3.8) is 0 Å². The van der Waals surface area contributed by atoms with Crippen molar-refractivity contribution in [2.75, 3.05) is 4.84 Å². The maximum Gasteiger partial charge on any atom is 0.214 e. The summed E-state index contributed by atoms with van der Waals surface area (Å²) in [6.45, 7) is 1.96. The van der Waals surface area contributed by atoms with Crippen LogP contribution in [0.4, 0.5) is 10.1 Å². The molecule has 3 aromatic rings. The summed E-state index contributed by atoms with van der Waals surface area (Å²) >= 11 is 7.02. The van der Waals surface area contributed by atoms with Gasteiger partial charge >= 0.3 is 0 Å². The molecule has 0 radical (unpaired) electrons. The lowest BCUT2D eigenvalue weighted by molar-refractivity contribution is 0.589. The molecule has 0 bridgehead atoms. The first-order chi connectivity index (χ1) is 9.17. The number of benzene rings is 1. The van der Waals surface area contributed by atoms with Crippen LogP contribution in [0.15, 0.2) is 30.3 Å². The fourth-order valence-electron chi connectivity index (χ4n) is 1.77. The van der Waals surface area contributed by atoms with Crippen molar-refractivity contribution in [2.45, 2.75) is 6.92 Å². The second-order valence-corrected chi connectivity index (χ2v) is 5.27. The number of thiazole rings is 1. The van der Waals surface area contributed by atoms with Crippen LogP contribution in [0.2, 0.25) is 0 Å². The summed E-state index contributed by atoms with van der Waals surface area (Å²) in [6, 6.07) is 8.77. The van der Waals surface area contributed by atoms with Gasteiger partial charge in [-0.25, -0.2) is 9.97 Å². The van der Waals surface area contributed by atoms with E-state index in [2.05, 4.69) is 14.8 Å². The molecule has 0 amide bonds. The molecule has 3 rings (SSSR count). The highest BCUT2D eigenvalue weighted by Crippen LogP contribution is 2.31. The molecule has 0 aliphatic carbocycles. The van der Waals surface area contributed by atoms with Gasteiger partial charge in [-0.15, -0.1) is 0 Å². The Bertz CT molecular complexity index is 757. The number of halogens is 2. The standard InChI is InChI=1S/C13H9ClFN3S/c1-7-2-3-8(6-10(7)18-14)12-16-9-4-5-11(15)17-13(9)19-12/h2-6,18H,1H3. The van der Waals surface area contributed by atoms with Crippen molar-refractivity contribution >= 4 is 39.1 Å². The molecule has 2 heterocycles. The van der Waals surface area contributed by atoms with Crippen LogP contribution in [0.25, 0.3) is 20.9 Å². The first-order valence-corrected chi connectivity index (χ1v) is 6.77. The zero-order valence-corrected chi connectivity index (χ0v) is 11.5. The molecular formula is C13H9ClFN3S. The summed E-state index contributed by atoms with van der Waals surface area (Å²) in [7, 11) is 0. The topological polar surface area (TPSA) is 37.8 Å². The third kappa shape index (κ3) is 2.27. The molecule has 6 heteroatoms. The smallest absolute Gasteiger partial charge is 0.214 e. The van der Waals surface area contributed by atoms with Gasteiger partial charge in [-0.1, -0.05) is 23.5 Å². The molecule has 0 saturated carbocycles. The van der Waals surface area contributed by atoms with E-state index in [4.69, 9.17) is 11.8 Å². The van der Waals surface area contributed by atoms with E-state index in [-0.39, 0.29) is 0 Å². The van der Waals surface area contributed by atoms with Crippen molar-refractivity contribution in [3.8, 4) is 10.6 Å². The second-order valence-electron chi connectivity index (χ2n) is 4.10. The Morgan fingerprint density at radius 2 is 2.05 bits per heavy atom. The zero-order chi connectivity index (χ0) is 13.4. The van der Waals surface area contributed by atoms with Crippen molar-refractivity contribution in [1.29, 1.82) is 0 Å². The number of nitrogens with one attached hydrogen (secondary N) is 1. The number of aryl methyl sites for hydroxylation is 1. The minimum atomic E-state index is -0.491. The van der Waals surface area contributed by atoms with Crippen LogP contribution >= 0.6 is 23.1 Å². The Labute approximate surface area is 118 Å².